The van der Waals surface area contributed by atoms with Crippen molar-refractivity contribution in [2.24, 2.45) is 0 Å². The summed E-state index contributed by atoms with van der Waals surface area (Å²) in [6.07, 6.45) is 1.74. The molecule has 0 aliphatic carbocycles. The van der Waals surface area contributed by atoms with E-state index in [9.17, 15) is 4.79 Å². The third-order valence-electron chi connectivity index (χ3n) is 4.53. The third kappa shape index (κ3) is 4.31. The van der Waals surface area contributed by atoms with E-state index in [1.54, 1.807) is 0 Å². The first-order chi connectivity index (χ1) is 12.4. The molecule has 6 heteroatoms. The fourth-order valence-electron chi connectivity index (χ4n) is 3.20. The second-order valence-electron chi connectivity index (χ2n) is 7.01. The van der Waals surface area contributed by atoms with Gasteiger partial charge in [-0.3, -0.25) is 4.79 Å². The van der Waals surface area contributed by atoms with Crippen molar-refractivity contribution in [3.63, 3.8) is 0 Å². The number of nitrogens with zero attached hydrogens (tertiary/aromatic N) is 4. The van der Waals surface area contributed by atoms with E-state index in [0.717, 1.165) is 36.5 Å². The van der Waals surface area contributed by atoms with Crippen LogP contribution in [0.3, 0.4) is 0 Å². The summed E-state index contributed by atoms with van der Waals surface area (Å²) in [5.74, 6) is 0.0462. The fourth-order valence-corrected chi connectivity index (χ4v) is 3.20. The number of amides is 1. The molecule has 138 valence electrons. The monoisotopic (exact) mass is 354 g/mol. The van der Waals surface area contributed by atoms with E-state index in [1.807, 2.05) is 68.1 Å². The minimum atomic E-state index is -0.0741. The molecule has 1 saturated heterocycles. The van der Waals surface area contributed by atoms with Crippen molar-refractivity contribution in [1.82, 2.24) is 14.9 Å². The van der Waals surface area contributed by atoms with Gasteiger partial charge in [-0.05, 0) is 57.0 Å². The van der Waals surface area contributed by atoms with E-state index in [1.165, 1.54) is 0 Å². The molecule has 0 bridgehead atoms. The van der Waals surface area contributed by atoms with E-state index < -0.39 is 0 Å². The van der Waals surface area contributed by atoms with E-state index in [4.69, 9.17) is 4.74 Å². The molecule has 0 radical (unpaired) electrons. The predicted octanol–water partition coefficient (Wildman–Crippen LogP) is 2.84. The van der Waals surface area contributed by atoms with E-state index in [0.29, 0.717) is 18.1 Å². The van der Waals surface area contributed by atoms with Gasteiger partial charge in [0.05, 0.1) is 6.54 Å². The van der Waals surface area contributed by atoms with Gasteiger partial charge in [0, 0.05) is 43.3 Å². The van der Waals surface area contributed by atoms with Crippen molar-refractivity contribution in [2.45, 2.75) is 32.8 Å². The van der Waals surface area contributed by atoms with Gasteiger partial charge in [-0.2, -0.15) is 0 Å². The molecular weight excluding hydrogens is 328 g/mol. The summed E-state index contributed by atoms with van der Waals surface area (Å²) < 4.78 is 5.96. The highest BCUT2D eigenvalue weighted by molar-refractivity contribution is 5.94. The Kier molecular flexibility index (Phi) is 5.40. The fraction of sp³-hybridized carbons (Fsp3) is 0.450. The molecule has 3 rings (SSSR count). The van der Waals surface area contributed by atoms with Crippen LogP contribution in [0.25, 0.3) is 0 Å². The lowest BCUT2D eigenvalue weighted by molar-refractivity contribution is 0.0515. The molecule has 2 aromatic rings. The first-order valence-corrected chi connectivity index (χ1v) is 8.98. The lowest BCUT2D eigenvalue weighted by atomic mass is 10.1. The van der Waals surface area contributed by atoms with Crippen LogP contribution in [0.2, 0.25) is 0 Å². The molecule has 2 heterocycles. The van der Waals surface area contributed by atoms with Crippen LogP contribution >= 0.6 is 0 Å². The number of carbonyl (C=O) groups is 1. The third-order valence-corrected chi connectivity index (χ3v) is 4.53. The summed E-state index contributed by atoms with van der Waals surface area (Å²) >= 11 is 0. The first-order valence-electron chi connectivity index (χ1n) is 8.98. The Morgan fingerprint density at radius 2 is 1.81 bits per heavy atom. The van der Waals surface area contributed by atoms with Gasteiger partial charge in [0.1, 0.15) is 6.10 Å². The lowest BCUT2D eigenvalue weighted by Gasteiger charge is -2.32. The number of rotatable bonds is 4. The summed E-state index contributed by atoms with van der Waals surface area (Å²) in [6, 6.07) is 10.0. The molecule has 1 aliphatic heterocycles. The summed E-state index contributed by atoms with van der Waals surface area (Å²) in [6.45, 7) is 5.16. The largest absolute Gasteiger partial charge is 0.458 e. The highest BCUT2D eigenvalue weighted by atomic mass is 16.5. The molecule has 1 unspecified atom stereocenters. The minimum absolute atomic E-state index is 0.0462. The van der Waals surface area contributed by atoms with Crippen LogP contribution in [0.15, 0.2) is 30.3 Å². The molecule has 1 fully saturated rings. The van der Waals surface area contributed by atoms with Crippen LogP contribution in [-0.2, 0) is 0 Å². The maximum atomic E-state index is 12.8. The number of anilines is 1. The molecule has 6 nitrogen and oxygen atoms in total. The van der Waals surface area contributed by atoms with Crippen molar-refractivity contribution in [3.05, 3.63) is 47.3 Å². The van der Waals surface area contributed by atoms with Gasteiger partial charge in [-0.25, -0.2) is 9.97 Å². The zero-order chi connectivity index (χ0) is 18.7. The lowest BCUT2D eigenvalue weighted by Crippen LogP contribution is -2.44. The van der Waals surface area contributed by atoms with Gasteiger partial charge < -0.3 is 14.5 Å². The van der Waals surface area contributed by atoms with Gasteiger partial charge in [0.15, 0.2) is 0 Å². The maximum absolute atomic E-state index is 12.8. The van der Waals surface area contributed by atoms with Gasteiger partial charge in [-0.1, -0.05) is 0 Å². The predicted molar refractivity (Wildman–Crippen MR) is 102 cm³/mol. The average Bonchev–Trinajstić information content (AvgIpc) is 2.60. The van der Waals surface area contributed by atoms with Gasteiger partial charge in [0.2, 0.25) is 0 Å². The molecule has 26 heavy (non-hydrogen) atoms. The molecule has 1 aliphatic rings. The van der Waals surface area contributed by atoms with Crippen molar-refractivity contribution in [2.75, 3.05) is 32.1 Å². The topological polar surface area (TPSA) is 58.6 Å². The average molecular weight is 354 g/mol. The molecule has 1 aromatic carbocycles. The Morgan fingerprint density at radius 3 is 2.42 bits per heavy atom. The normalized spacial score (nSPS) is 17.1. The number of aryl methyl sites for hydroxylation is 2. The number of likely N-dealkylation sites (tertiary alicyclic amines) is 1. The highest BCUT2D eigenvalue weighted by Gasteiger charge is 2.26. The number of benzene rings is 1. The van der Waals surface area contributed by atoms with Crippen LogP contribution in [0.5, 0.6) is 6.01 Å². The van der Waals surface area contributed by atoms with Crippen LogP contribution < -0.4 is 9.64 Å². The van der Waals surface area contributed by atoms with Gasteiger partial charge >= 0.3 is 6.01 Å². The Bertz CT molecular complexity index is 754. The highest BCUT2D eigenvalue weighted by Crippen LogP contribution is 2.19. The van der Waals surface area contributed by atoms with Crippen molar-refractivity contribution >= 4 is 11.6 Å². The Balaban J connectivity index is 1.66. The molecule has 0 N–H and O–H groups in total. The summed E-state index contributed by atoms with van der Waals surface area (Å²) in [4.78, 5) is 25.4. The number of hydrogen-bond acceptors (Lipinski definition) is 5. The van der Waals surface area contributed by atoms with Crippen LogP contribution in [0.4, 0.5) is 5.69 Å². The van der Waals surface area contributed by atoms with Crippen molar-refractivity contribution < 1.29 is 9.53 Å². The minimum Gasteiger partial charge on any atom is -0.458 e. The zero-order valence-electron chi connectivity index (χ0n) is 15.9. The SMILES string of the molecule is Cc1cc(C)nc(OC2CCCN(C(=O)c3ccc(N(C)C)cc3)C2)n1. The molecule has 1 amide bonds. The summed E-state index contributed by atoms with van der Waals surface area (Å²) in [5.41, 5.74) is 3.56. The Hall–Kier alpha value is -2.63. The van der Waals surface area contributed by atoms with Crippen molar-refractivity contribution in [1.29, 1.82) is 0 Å². The molecule has 1 aromatic heterocycles. The second kappa shape index (κ2) is 7.72. The first kappa shape index (κ1) is 18.2. The Morgan fingerprint density at radius 1 is 1.15 bits per heavy atom. The maximum Gasteiger partial charge on any atom is 0.317 e. The van der Waals surface area contributed by atoms with Gasteiger partial charge in [-0.15, -0.1) is 0 Å². The molecule has 0 spiro atoms. The number of carbonyl (C=O) groups excluding carboxylic acids is 1. The quantitative estimate of drug-likeness (QED) is 0.845. The van der Waals surface area contributed by atoms with E-state index in [2.05, 4.69) is 9.97 Å². The van der Waals surface area contributed by atoms with Gasteiger partial charge in [0.25, 0.3) is 5.91 Å². The van der Waals surface area contributed by atoms with Crippen LogP contribution in [0.1, 0.15) is 34.6 Å². The standard InChI is InChI=1S/C20H26N4O2/c1-14-12-15(2)22-20(21-14)26-18-6-5-11-24(13-18)19(25)16-7-9-17(10-8-16)23(3)4/h7-10,12,18H,5-6,11,13H2,1-4H3. The molecule has 1 atom stereocenters. The summed E-state index contributed by atoms with van der Waals surface area (Å²) in [5, 5.41) is 0. The number of aromatic nitrogens is 2. The van der Waals surface area contributed by atoms with Crippen LogP contribution in [0, 0.1) is 13.8 Å². The number of hydrogen-bond donors (Lipinski definition) is 0. The zero-order valence-corrected chi connectivity index (χ0v) is 15.9. The second-order valence-corrected chi connectivity index (χ2v) is 7.01. The summed E-state index contributed by atoms with van der Waals surface area (Å²) in [7, 11) is 3.97. The van der Waals surface area contributed by atoms with Crippen molar-refractivity contribution in [3.8, 4) is 6.01 Å². The number of piperidine rings is 1. The molecule has 0 saturated carbocycles. The molecular formula is C20H26N4O2. The van der Waals surface area contributed by atoms with E-state index >= 15 is 0 Å². The number of ether oxygens (including phenoxy) is 1. The Labute approximate surface area is 154 Å². The van der Waals surface area contributed by atoms with Crippen LogP contribution in [-0.4, -0.2) is 54.1 Å². The van der Waals surface area contributed by atoms with E-state index in [-0.39, 0.29) is 12.0 Å². The smallest absolute Gasteiger partial charge is 0.317 e.